The first-order chi connectivity index (χ1) is 10.8. The van der Waals surface area contributed by atoms with Crippen LogP contribution in [0.4, 0.5) is 0 Å². The number of carbonyl (C=O) groups is 1. The minimum absolute atomic E-state index is 0.148. The van der Waals surface area contributed by atoms with Gasteiger partial charge in [0.1, 0.15) is 0 Å². The number of para-hydroxylation sites is 1. The summed E-state index contributed by atoms with van der Waals surface area (Å²) in [6.07, 6.45) is 1.84. The van der Waals surface area contributed by atoms with E-state index in [-0.39, 0.29) is 5.78 Å². The summed E-state index contributed by atoms with van der Waals surface area (Å²) in [6.45, 7) is 4.00. The van der Waals surface area contributed by atoms with E-state index in [2.05, 4.69) is 11.8 Å². The highest BCUT2D eigenvalue weighted by Gasteiger charge is 2.11. The highest BCUT2D eigenvalue weighted by molar-refractivity contribution is 6.16. The van der Waals surface area contributed by atoms with E-state index in [0.29, 0.717) is 5.56 Å². The van der Waals surface area contributed by atoms with Gasteiger partial charge in [0.25, 0.3) is 0 Å². The fourth-order valence-corrected chi connectivity index (χ4v) is 2.24. The molecule has 0 bridgehead atoms. The van der Waals surface area contributed by atoms with Gasteiger partial charge in [-0.2, -0.15) is 0 Å². The van der Waals surface area contributed by atoms with Crippen LogP contribution in [0, 0.1) is 11.8 Å². The number of rotatable bonds is 1. The van der Waals surface area contributed by atoms with Crippen LogP contribution in [0.1, 0.15) is 29.8 Å². The molecule has 3 rings (SSSR count). The normalized spacial score (nSPS) is 9.41. The molecule has 2 aromatic carbocycles. The van der Waals surface area contributed by atoms with Gasteiger partial charge in [-0.3, -0.25) is 4.79 Å². The molecule has 0 unspecified atom stereocenters. The van der Waals surface area contributed by atoms with Gasteiger partial charge >= 0.3 is 0 Å². The number of benzene rings is 2. The number of Topliss-reactive ketones (excluding diaryl/α,β-unsaturated/α-hetero) is 1. The van der Waals surface area contributed by atoms with Gasteiger partial charge in [-0.25, -0.2) is 0 Å². The van der Waals surface area contributed by atoms with Gasteiger partial charge in [0.15, 0.2) is 0 Å². The number of hydrogen-bond acceptors (Lipinski definition) is 1. The number of carbonyl (C=O) groups excluding carboxylic acids is 1. The number of aromatic nitrogens is 1. The van der Waals surface area contributed by atoms with E-state index >= 15 is 0 Å². The summed E-state index contributed by atoms with van der Waals surface area (Å²) < 4.78 is 1.95. The van der Waals surface area contributed by atoms with Crippen LogP contribution < -0.4 is 0 Å². The van der Waals surface area contributed by atoms with Crippen molar-refractivity contribution in [2.75, 3.05) is 0 Å². The Bertz CT molecular complexity index is 832. The van der Waals surface area contributed by atoms with Gasteiger partial charge < -0.3 is 4.57 Å². The van der Waals surface area contributed by atoms with Gasteiger partial charge in [-0.05, 0) is 24.1 Å². The Morgan fingerprint density at radius 2 is 1.59 bits per heavy atom. The van der Waals surface area contributed by atoms with E-state index in [9.17, 15) is 4.79 Å². The molecular weight excluding hydrogens is 270 g/mol. The van der Waals surface area contributed by atoms with Crippen LogP contribution in [0.2, 0.25) is 0 Å². The van der Waals surface area contributed by atoms with Gasteiger partial charge in [0.2, 0.25) is 5.78 Å². The molecule has 1 heterocycles. The lowest BCUT2D eigenvalue weighted by Gasteiger charge is -1.93. The first kappa shape index (κ1) is 15.6. The van der Waals surface area contributed by atoms with Crippen LogP contribution in [-0.4, -0.2) is 10.4 Å². The van der Waals surface area contributed by atoms with E-state index in [4.69, 9.17) is 0 Å². The molecule has 0 fully saturated rings. The molecule has 0 aliphatic heterocycles. The predicted octanol–water partition coefficient (Wildman–Crippen LogP) is 4.44. The number of fused-ring (bicyclic) bond motifs is 1. The van der Waals surface area contributed by atoms with Crippen molar-refractivity contribution in [3.63, 3.8) is 0 Å². The van der Waals surface area contributed by atoms with Crippen LogP contribution in [0.5, 0.6) is 0 Å². The second kappa shape index (κ2) is 7.28. The Kier molecular flexibility index (Phi) is 5.16. The van der Waals surface area contributed by atoms with E-state index < -0.39 is 0 Å². The highest BCUT2D eigenvalue weighted by Crippen LogP contribution is 2.20. The average Bonchev–Trinajstić information content (AvgIpc) is 2.93. The minimum Gasteiger partial charge on any atom is -0.350 e. The Hall–Kier alpha value is -2.79. The summed E-state index contributed by atoms with van der Waals surface area (Å²) in [4.78, 5) is 12.3. The van der Waals surface area contributed by atoms with Crippen LogP contribution in [-0.2, 0) is 7.05 Å². The zero-order valence-corrected chi connectivity index (χ0v) is 13.1. The van der Waals surface area contributed by atoms with E-state index in [1.54, 1.807) is 0 Å². The first-order valence-corrected chi connectivity index (χ1v) is 7.41. The Morgan fingerprint density at radius 3 is 2.32 bits per heavy atom. The standard InChI is InChI=1S/C18H13NO.C2H6/c1-19-13-16(15-9-5-6-10-17(15)19)18(20)12-11-14-7-3-2-4-8-14;1-2/h2-10,13H,1H3;1-2H3. The van der Waals surface area contributed by atoms with Crippen molar-refractivity contribution in [1.82, 2.24) is 4.57 Å². The third-order valence-electron chi connectivity index (χ3n) is 3.24. The fraction of sp³-hybridized carbons (Fsp3) is 0.150. The van der Waals surface area contributed by atoms with Crippen LogP contribution >= 0.6 is 0 Å². The number of aryl methyl sites for hydroxylation is 1. The predicted molar refractivity (Wildman–Crippen MR) is 91.9 cm³/mol. The largest absolute Gasteiger partial charge is 0.350 e. The molecule has 0 atom stereocenters. The molecule has 0 radical (unpaired) electrons. The van der Waals surface area contributed by atoms with Crippen molar-refractivity contribution in [1.29, 1.82) is 0 Å². The smallest absolute Gasteiger partial charge is 0.238 e. The van der Waals surface area contributed by atoms with Crippen LogP contribution in [0.15, 0.2) is 60.8 Å². The molecule has 0 saturated carbocycles. The summed E-state index contributed by atoms with van der Waals surface area (Å²) in [5.74, 6) is 5.48. The average molecular weight is 289 g/mol. The minimum atomic E-state index is -0.148. The summed E-state index contributed by atoms with van der Waals surface area (Å²) in [5.41, 5.74) is 2.55. The molecule has 2 nitrogen and oxygen atoms in total. The monoisotopic (exact) mass is 289 g/mol. The molecule has 0 N–H and O–H groups in total. The lowest BCUT2D eigenvalue weighted by molar-refractivity contribution is 0.105. The third kappa shape index (κ3) is 3.27. The van der Waals surface area contributed by atoms with Crippen LogP contribution in [0.3, 0.4) is 0 Å². The third-order valence-corrected chi connectivity index (χ3v) is 3.24. The van der Waals surface area contributed by atoms with E-state index in [0.717, 1.165) is 16.5 Å². The van der Waals surface area contributed by atoms with Gasteiger partial charge in [-0.1, -0.05) is 56.2 Å². The molecule has 0 aliphatic rings. The maximum absolute atomic E-state index is 12.3. The maximum Gasteiger partial charge on any atom is 0.238 e. The molecule has 3 aromatic rings. The molecule has 0 amide bonds. The molecule has 0 aliphatic carbocycles. The molecule has 1 aromatic heterocycles. The second-order valence-corrected chi connectivity index (χ2v) is 4.62. The Labute approximate surface area is 131 Å². The summed E-state index contributed by atoms with van der Waals surface area (Å²) in [6, 6.07) is 17.4. The Morgan fingerprint density at radius 1 is 0.955 bits per heavy atom. The SMILES string of the molecule is CC.Cn1cc(C(=O)C#Cc2ccccc2)c2ccccc21. The zero-order chi connectivity index (χ0) is 15.9. The van der Waals surface area contributed by atoms with E-state index in [1.807, 2.05) is 86.3 Å². The Balaban J connectivity index is 0.000000847. The molecule has 0 spiro atoms. The molecule has 110 valence electrons. The highest BCUT2D eigenvalue weighted by atomic mass is 16.1. The molecular formula is C20H19NO. The van der Waals surface area contributed by atoms with Crippen molar-refractivity contribution in [3.05, 3.63) is 71.9 Å². The fourth-order valence-electron chi connectivity index (χ4n) is 2.24. The summed E-state index contributed by atoms with van der Waals surface area (Å²) >= 11 is 0. The van der Waals surface area contributed by atoms with E-state index in [1.165, 1.54) is 0 Å². The zero-order valence-electron chi connectivity index (χ0n) is 13.1. The van der Waals surface area contributed by atoms with Crippen molar-refractivity contribution in [2.24, 2.45) is 7.05 Å². The first-order valence-electron chi connectivity index (χ1n) is 7.41. The van der Waals surface area contributed by atoms with Gasteiger partial charge in [0, 0.05) is 29.7 Å². The van der Waals surface area contributed by atoms with Crippen LogP contribution in [0.25, 0.3) is 10.9 Å². The topological polar surface area (TPSA) is 22.0 Å². The number of ketones is 1. The van der Waals surface area contributed by atoms with Gasteiger partial charge in [0.05, 0.1) is 5.56 Å². The number of hydrogen-bond donors (Lipinski definition) is 0. The summed E-state index contributed by atoms with van der Waals surface area (Å²) in [7, 11) is 1.93. The lowest BCUT2D eigenvalue weighted by Crippen LogP contribution is -1.93. The van der Waals surface area contributed by atoms with Crippen molar-refractivity contribution in [3.8, 4) is 11.8 Å². The van der Waals surface area contributed by atoms with Crippen molar-refractivity contribution < 1.29 is 4.79 Å². The quantitative estimate of drug-likeness (QED) is 0.479. The van der Waals surface area contributed by atoms with Gasteiger partial charge in [-0.15, -0.1) is 0 Å². The molecule has 22 heavy (non-hydrogen) atoms. The van der Waals surface area contributed by atoms with Crippen molar-refractivity contribution >= 4 is 16.7 Å². The van der Waals surface area contributed by atoms with Crippen molar-refractivity contribution in [2.45, 2.75) is 13.8 Å². The lowest BCUT2D eigenvalue weighted by atomic mass is 10.1. The molecule has 2 heteroatoms. The number of nitrogens with zero attached hydrogens (tertiary/aromatic N) is 1. The maximum atomic E-state index is 12.3. The molecule has 0 saturated heterocycles. The second-order valence-electron chi connectivity index (χ2n) is 4.62. The summed E-state index contributed by atoms with van der Waals surface area (Å²) in [5, 5.41) is 0.947.